The number of benzene rings is 1. The van der Waals surface area contributed by atoms with Gasteiger partial charge in [0, 0.05) is 0 Å². The Morgan fingerprint density at radius 1 is 1.19 bits per heavy atom. The van der Waals surface area contributed by atoms with Gasteiger partial charge in [0.1, 0.15) is 0 Å². The maximum absolute atomic E-state index is 10.5. The van der Waals surface area contributed by atoms with E-state index in [9.17, 15) is 5.11 Å². The molecule has 16 heavy (non-hydrogen) atoms. The van der Waals surface area contributed by atoms with Crippen molar-refractivity contribution in [1.29, 1.82) is 0 Å². The number of hydrogen-bond acceptors (Lipinski definition) is 1. The van der Waals surface area contributed by atoms with Crippen molar-refractivity contribution >= 4 is 0 Å². The number of hydrogen-bond donors (Lipinski definition) is 1. The molecule has 0 saturated heterocycles. The zero-order valence-corrected chi connectivity index (χ0v) is 11.0. The largest absolute Gasteiger partial charge is 0.385 e. The van der Waals surface area contributed by atoms with E-state index in [-0.39, 0.29) is 0 Å². The fourth-order valence-corrected chi connectivity index (χ4v) is 2.08. The summed E-state index contributed by atoms with van der Waals surface area (Å²) in [6.45, 7) is 8.35. The van der Waals surface area contributed by atoms with E-state index >= 15 is 0 Å². The maximum atomic E-state index is 10.5. The zero-order chi connectivity index (χ0) is 12.2. The first-order chi connectivity index (χ1) is 7.52. The van der Waals surface area contributed by atoms with E-state index in [1.807, 2.05) is 6.92 Å². The molecule has 0 radical (unpaired) electrons. The van der Waals surface area contributed by atoms with Crippen LogP contribution in [-0.4, -0.2) is 5.11 Å². The van der Waals surface area contributed by atoms with Crippen molar-refractivity contribution in [2.75, 3.05) is 0 Å². The highest BCUT2D eigenvalue weighted by Crippen LogP contribution is 2.32. The third-order valence-corrected chi connectivity index (χ3v) is 3.63. The van der Waals surface area contributed by atoms with Gasteiger partial charge in [0.05, 0.1) is 5.60 Å². The lowest BCUT2D eigenvalue weighted by Gasteiger charge is -2.31. The van der Waals surface area contributed by atoms with Crippen LogP contribution in [0.25, 0.3) is 0 Å². The molecule has 1 heteroatoms. The molecule has 90 valence electrons. The lowest BCUT2D eigenvalue weighted by molar-refractivity contribution is -0.00220. The van der Waals surface area contributed by atoms with Gasteiger partial charge in [-0.2, -0.15) is 0 Å². The van der Waals surface area contributed by atoms with Crippen molar-refractivity contribution in [2.24, 2.45) is 5.92 Å². The molecule has 0 saturated carbocycles. The topological polar surface area (TPSA) is 20.2 Å². The Balaban J connectivity index is 2.88. The molecule has 2 unspecified atom stereocenters. The molecule has 0 heterocycles. The summed E-state index contributed by atoms with van der Waals surface area (Å²) < 4.78 is 0. The molecule has 0 fully saturated rings. The van der Waals surface area contributed by atoms with Gasteiger partial charge in [-0.05, 0) is 36.8 Å². The fourth-order valence-electron chi connectivity index (χ4n) is 2.08. The Kier molecular flexibility index (Phi) is 4.55. The molecular formula is C15H24O. The molecule has 0 aliphatic heterocycles. The summed E-state index contributed by atoms with van der Waals surface area (Å²) in [6, 6.07) is 8.35. The molecule has 0 aliphatic rings. The molecule has 1 rings (SSSR count). The first-order valence-electron chi connectivity index (χ1n) is 6.34. The van der Waals surface area contributed by atoms with E-state index in [1.165, 1.54) is 5.56 Å². The molecule has 0 amide bonds. The highest BCUT2D eigenvalue weighted by Gasteiger charge is 2.29. The van der Waals surface area contributed by atoms with Crippen LogP contribution in [0.1, 0.15) is 51.7 Å². The molecular weight excluding hydrogens is 196 g/mol. The van der Waals surface area contributed by atoms with Crippen molar-refractivity contribution in [2.45, 2.75) is 52.6 Å². The molecule has 0 aliphatic carbocycles. The first-order valence-corrected chi connectivity index (χ1v) is 6.34. The molecule has 1 aromatic rings. The molecule has 0 bridgehead atoms. The van der Waals surface area contributed by atoms with Crippen LogP contribution in [0.15, 0.2) is 24.3 Å². The Morgan fingerprint density at radius 2 is 1.75 bits per heavy atom. The van der Waals surface area contributed by atoms with Crippen molar-refractivity contribution in [3.63, 3.8) is 0 Å². The summed E-state index contributed by atoms with van der Waals surface area (Å²) in [7, 11) is 0. The summed E-state index contributed by atoms with van der Waals surface area (Å²) in [5.74, 6) is 0.296. The standard InChI is InChI=1S/C15H24O/c1-5-7-12(3)15(4,16)14-10-8-13(6-2)9-11-14/h8-12,16H,5-7H2,1-4H3. The van der Waals surface area contributed by atoms with Gasteiger partial charge in [-0.1, -0.05) is 51.5 Å². The number of rotatable bonds is 5. The van der Waals surface area contributed by atoms with Crippen LogP contribution in [0.2, 0.25) is 0 Å². The van der Waals surface area contributed by atoms with Gasteiger partial charge in [0.15, 0.2) is 0 Å². The van der Waals surface area contributed by atoms with E-state index in [2.05, 4.69) is 45.0 Å². The summed E-state index contributed by atoms with van der Waals surface area (Å²) in [5, 5.41) is 10.5. The van der Waals surface area contributed by atoms with Crippen molar-refractivity contribution in [3.8, 4) is 0 Å². The lowest BCUT2D eigenvalue weighted by atomic mass is 9.81. The number of aryl methyl sites for hydroxylation is 1. The summed E-state index contributed by atoms with van der Waals surface area (Å²) in [5.41, 5.74) is 1.65. The van der Waals surface area contributed by atoms with E-state index in [0.29, 0.717) is 5.92 Å². The summed E-state index contributed by atoms with van der Waals surface area (Å²) >= 11 is 0. The second-order valence-corrected chi connectivity index (χ2v) is 4.89. The molecule has 0 spiro atoms. The predicted octanol–water partition coefficient (Wildman–Crippen LogP) is 3.89. The Bertz CT molecular complexity index is 311. The Labute approximate surface area is 99.5 Å². The average Bonchev–Trinajstić information content (AvgIpc) is 2.29. The highest BCUT2D eigenvalue weighted by atomic mass is 16.3. The van der Waals surface area contributed by atoms with Crippen LogP contribution in [0.4, 0.5) is 0 Å². The van der Waals surface area contributed by atoms with Crippen LogP contribution >= 0.6 is 0 Å². The molecule has 1 aromatic carbocycles. The van der Waals surface area contributed by atoms with Gasteiger partial charge in [-0.15, -0.1) is 0 Å². The maximum Gasteiger partial charge on any atom is 0.0893 e. The molecule has 1 nitrogen and oxygen atoms in total. The first kappa shape index (κ1) is 13.2. The monoisotopic (exact) mass is 220 g/mol. The second-order valence-electron chi connectivity index (χ2n) is 4.89. The predicted molar refractivity (Wildman–Crippen MR) is 69.5 cm³/mol. The van der Waals surface area contributed by atoms with E-state index in [4.69, 9.17) is 0 Å². The van der Waals surface area contributed by atoms with Crippen LogP contribution in [0.5, 0.6) is 0 Å². The fraction of sp³-hybridized carbons (Fsp3) is 0.600. The average molecular weight is 220 g/mol. The third kappa shape index (κ3) is 2.85. The van der Waals surface area contributed by atoms with Crippen LogP contribution < -0.4 is 0 Å². The van der Waals surface area contributed by atoms with Gasteiger partial charge in [0.2, 0.25) is 0 Å². The van der Waals surface area contributed by atoms with Crippen molar-refractivity contribution < 1.29 is 5.11 Å². The van der Waals surface area contributed by atoms with E-state index in [0.717, 1.165) is 24.8 Å². The normalized spacial score (nSPS) is 16.8. The Morgan fingerprint density at radius 3 is 2.19 bits per heavy atom. The van der Waals surface area contributed by atoms with E-state index < -0.39 is 5.60 Å². The molecule has 2 atom stereocenters. The number of aliphatic hydroxyl groups is 1. The minimum atomic E-state index is -0.706. The SMILES string of the molecule is CCCC(C)C(C)(O)c1ccc(CC)cc1. The smallest absolute Gasteiger partial charge is 0.0893 e. The zero-order valence-electron chi connectivity index (χ0n) is 11.0. The van der Waals surface area contributed by atoms with Gasteiger partial charge in [-0.25, -0.2) is 0 Å². The van der Waals surface area contributed by atoms with Crippen LogP contribution in [0.3, 0.4) is 0 Å². The van der Waals surface area contributed by atoms with Gasteiger partial charge in [0.25, 0.3) is 0 Å². The van der Waals surface area contributed by atoms with Gasteiger partial charge in [-0.3, -0.25) is 0 Å². The van der Waals surface area contributed by atoms with Crippen LogP contribution in [-0.2, 0) is 12.0 Å². The lowest BCUT2D eigenvalue weighted by Crippen LogP contribution is -2.29. The third-order valence-electron chi connectivity index (χ3n) is 3.63. The van der Waals surface area contributed by atoms with Crippen LogP contribution in [0, 0.1) is 5.92 Å². The molecule has 1 N–H and O–H groups in total. The van der Waals surface area contributed by atoms with Crippen molar-refractivity contribution in [3.05, 3.63) is 35.4 Å². The summed E-state index contributed by atoms with van der Waals surface area (Å²) in [4.78, 5) is 0. The minimum absolute atomic E-state index is 0.296. The minimum Gasteiger partial charge on any atom is -0.385 e. The summed E-state index contributed by atoms with van der Waals surface area (Å²) in [6.07, 6.45) is 3.22. The second kappa shape index (κ2) is 5.49. The Hall–Kier alpha value is -0.820. The molecule has 0 aromatic heterocycles. The van der Waals surface area contributed by atoms with E-state index in [1.54, 1.807) is 0 Å². The van der Waals surface area contributed by atoms with Gasteiger partial charge >= 0.3 is 0 Å². The highest BCUT2D eigenvalue weighted by molar-refractivity contribution is 5.27. The van der Waals surface area contributed by atoms with Crippen molar-refractivity contribution in [1.82, 2.24) is 0 Å². The van der Waals surface area contributed by atoms with Gasteiger partial charge < -0.3 is 5.11 Å². The quantitative estimate of drug-likeness (QED) is 0.798.